The van der Waals surface area contributed by atoms with Crippen molar-refractivity contribution in [3.05, 3.63) is 0 Å². The molecule has 0 heterocycles. The van der Waals surface area contributed by atoms with E-state index in [1.54, 1.807) is 0 Å². The molecule has 0 fully saturated rings. The number of carbonyl (C=O) groups is 2. The number of aliphatic carboxylic acids is 2. The summed E-state index contributed by atoms with van der Waals surface area (Å²) < 4.78 is 26.2. The largest absolute Gasteiger partial charge is 0.481 e. The molecule has 0 aromatic carbocycles. The lowest BCUT2D eigenvalue weighted by Gasteiger charge is -2.13. The Morgan fingerprint density at radius 1 is 1.31 bits per heavy atom. The normalized spacial score (nSPS) is 13.3. The van der Waals surface area contributed by atoms with E-state index in [9.17, 15) is 18.0 Å². The van der Waals surface area contributed by atoms with Crippen LogP contribution in [0.5, 0.6) is 0 Å². The molecule has 0 unspecified atom stereocenters. The lowest BCUT2D eigenvalue weighted by Crippen LogP contribution is -2.46. The maximum absolute atomic E-state index is 11.2. The van der Waals surface area contributed by atoms with Gasteiger partial charge in [0.2, 0.25) is 0 Å². The quantitative estimate of drug-likeness (QED) is 0.427. The molecule has 0 aliphatic heterocycles. The molecule has 0 bridgehead atoms. The van der Waals surface area contributed by atoms with Gasteiger partial charge in [-0.2, -0.15) is 13.1 Å². The Morgan fingerprint density at radius 2 is 1.88 bits per heavy atom. The van der Waals surface area contributed by atoms with Crippen molar-refractivity contribution < 1.29 is 28.2 Å². The van der Waals surface area contributed by atoms with Gasteiger partial charge in [-0.15, -0.1) is 0 Å². The van der Waals surface area contributed by atoms with Crippen LogP contribution in [0.15, 0.2) is 0 Å². The van der Waals surface area contributed by atoms with Crippen LogP contribution in [-0.4, -0.2) is 43.2 Å². The van der Waals surface area contributed by atoms with Gasteiger partial charge in [-0.05, 0) is 6.42 Å². The molecule has 9 heteroatoms. The minimum Gasteiger partial charge on any atom is -0.481 e. The molecule has 16 heavy (non-hydrogen) atoms. The van der Waals surface area contributed by atoms with Crippen LogP contribution in [0.4, 0.5) is 0 Å². The van der Waals surface area contributed by atoms with Crippen molar-refractivity contribution in [2.24, 2.45) is 0 Å². The summed E-state index contributed by atoms with van der Waals surface area (Å²) in [5.41, 5.74) is 0. The summed E-state index contributed by atoms with van der Waals surface area (Å²) in [4.78, 5) is 20.9. The standard InChI is InChI=1S/C7H14N2O6S/c1-2-8-16(14,15)9-5(7(12)13)3-4-6(10)11/h5,8-9H,2-4H2,1H3,(H,10,11)(H,12,13)/t5-/m0/s1. The first-order chi connectivity index (χ1) is 7.28. The molecule has 0 radical (unpaired) electrons. The number of hydrogen-bond acceptors (Lipinski definition) is 4. The summed E-state index contributed by atoms with van der Waals surface area (Å²) in [7, 11) is -3.90. The number of carboxylic acid groups (broad SMARTS) is 2. The molecule has 0 aromatic heterocycles. The van der Waals surface area contributed by atoms with Crippen LogP contribution < -0.4 is 9.44 Å². The third-order valence-electron chi connectivity index (χ3n) is 1.58. The van der Waals surface area contributed by atoms with Crippen LogP contribution >= 0.6 is 0 Å². The molecule has 0 aromatic rings. The summed E-state index contributed by atoms with van der Waals surface area (Å²) >= 11 is 0. The molecule has 8 nitrogen and oxygen atoms in total. The highest BCUT2D eigenvalue weighted by Crippen LogP contribution is 1.99. The molecule has 0 saturated carbocycles. The molecule has 0 aliphatic rings. The SMILES string of the molecule is CCNS(=O)(=O)N[C@@H](CCC(=O)O)C(=O)O. The van der Waals surface area contributed by atoms with Gasteiger partial charge < -0.3 is 10.2 Å². The van der Waals surface area contributed by atoms with E-state index in [1.165, 1.54) is 6.92 Å². The summed E-state index contributed by atoms with van der Waals surface area (Å²) in [6.45, 7) is 1.65. The van der Waals surface area contributed by atoms with Crippen molar-refractivity contribution in [3.8, 4) is 0 Å². The number of carboxylic acids is 2. The Hall–Kier alpha value is -1.19. The zero-order valence-corrected chi connectivity index (χ0v) is 9.45. The lowest BCUT2D eigenvalue weighted by molar-refractivity contribution is -0.140. The van der Waals surface area contributed by atoms with E-state index >= 15 is 0 Å². The highest BCUT2D eigenvalue weighted by Gasteiger charge is 2.23. The molecule has 0 rings (SSSR count). The monoisotopic (exact) mass is 254 g/mol. The first kappa shape index (κ1) is 14.8. The van der Waals surface area contributed by atoms with Crippen LogP contribution in [-0.2, 0) is 19.8 Å². The van der Waals surface area contributed by atoms with Gasteiger partial charge in [-0.1, -0.05) is 6.92 Å². The highest BCUT2D eigenvalue weighted by atomic mass is 32.2. The second-order valence-electron chi connectivity index (χ2n) is 2.94. The van der Waals surface area contributed by atoms with Crippen molar-refractivity contribution in [3.63, 3.8) is 0 Å². The van der Waals surface area contributed by atoms with E-state index < -0.39 is 34.6 Å². The van der Waals surface area contributed by atoms with Gasteiger partial charge in [0.25, 0.3) is 10.2 Å². The topological polar surface area (TPSA) is 133 Å². The third kappa shape index (κ3) is 6.32. The van der Waals surface area contributed by atoms with E-state index in [4.69, 9.17) is 10.2 Å². The minimum atomic E-state index is -3.90. The van der Waals surface area contributed by atoms with Gasteiger partial charge in [0.1, 0.15) is 6.04 Å². The second-order valence-corrected chi connectivity index (χ2v) is 4.47. The maximum Gasteiger partial charge on any atom is 0.321 e. The number of nitrogens with one attached hydrogen (secondary N) is 2. The molecule has 94 valence electrons. The smallest absolute Gasteiger partial charge is 0.321 e. The number of rotatable bonds is 8. The summed E-state index contributed by atoms with van der Waals surface area (Å²) in [6.07, 6.45) is -0.735. The Kier molecular flexibility index (Phi) is 5.93. The Labute approximate surface area is 92.8 Å². The van der Waals surface area contributed by atoms with Crippen molar-refractivity contribution in [1.82, 2.24) is 9.44 Å². The zero-order valence-electron chi connectivity index (χ0n) is 8.63. The predicted molar refractivity (Wildman–Crippen MR) is 54.0 cm³/mol. The van der Waals surface area contributed by atoms with Gasteiger partial charge in [0.05, 0.1) is 0 Å². The molecule has 0 saturated heterocycles. The van der Waals surface area contributed by atoms with E-state index in [0.29, 0.717) is 0 Å². The van der Waals surface area contributed by atoms with E-state index in [1.807, 2.05) is 9.44 Å². The fraction of sp³-hybridized carbons (Fsp3) is 0.714. The van der Waals surface area contributed by atoms with Gasteiger partial charge in [0.15, 0.2) is 0 Å². The first-order valence-corrected chi connectivity index (χ1v) is 5.98. The van der Waals surface area contributed by atoms with E-state index in [2.05, 4.69) is 0 Å². The lowest BCUT2D eigenvalue weighted by atomic mass is 10.2. The van der Waals surface area contributed by atoms with Gasteiger partial charge in [-0.3, -0.25) is 9.59 Å². The van der Waals surface area contributed by atoms with Crippen LogP contribution in [0.2, 0.25) is 0 Å². The van der Waals surface area contributed by atoms with Crippen molar-refractivity contribution >= 4 is 22.1 Å². The third-order valence-corrected chi connectivity index (χ3v) is 2.84. The fourth-order valence-corrected chi connectivity index (χ4v) is 1.98. The first-order valence-electron chi connectivity index (χ1n) is 4.50. The molecular weight excluding hydrogens is 240 g/mol. The average Bonchev–Trinajstić information content (AvgIpc) is 2.11. The van der Waals surface area contributed by atoms with E-state index in [0.717, 1.165) is 0 Å². The highest BCUT2D eigenvalue weighted by molar-refractivity contribution is 7.87. The van der Waals surface area contributed by atoms with Crippen molar-refractivity contribution in [2.75, 3.05) is 6.54 Å². The van der Waals surface area contributed by atoms with Gasteiger partial charge in [-0.25, -0.2) is 4.72 Å². The maximum atomic E-state index is 11.2. The zero-order chi connectivity index (χ0) is 12.8. The summed E-state index contributed by atoms with van der Waals surface area (Å²) in [5, 5.41) is 17.0. The molecule has 1 atom stereocenters. The van der Waals surface area contributed by atoms with E-state index in [-0.39, 0.29) is 13.0 Å². The van der Waals surface area contributed by atoms with Gasteiger partial charge in [0, 0.05) is 13.0 Å². The Bertz CT molecular complexity index is 352. The Morgan fingerprint density at radius 3 is 2.25 bits per heavy atom. The summed E-state index contributed by atoms with van der Waals surface area (Å²) in [6, 6.07) is -1.44. The Balaban J connectivity index is 4.45. The van der Waals surface area contributed by atoms with Crippen LogP contribution in [0.25, 0.3) is 0 Å². The van der Waals surface area contributed by atoms with Crippen LogP contribution in [0.1, 0.15) is 19.8 Å². The average molecular weight is 254 g/mol. The second kappa shape index (κ2) is 6.40. The number of hydrogen-bond donors (Lipinski definition) is 4. The van der Waals surface area contributed by atoms with Crippen molar-refractivity contribution in [2.45, 2.75) is 25.8 Å². The molecular formula is C7H14N2O6S. The molecule has 0 spiro atoms. The molecule has 4 N–H and O–H groups in total. The van der Waals surface area contributed by atoms with Gasteiger partial charge >= 0.3 is 11.9 Å². The summed E-state index contributed by atoms with van der Waals surface area (Å²) in [5.74, 6) is -2.60. The van der Waals surface area contributed by atoms with Crippen molar-refractivity contribution in [1.29, 1.82) is 0 Å². The molecule has 0 aliphatic carbocycles. The fourth-order valence-electron chi connectivity index (χ4n) is 0.920. The predicted octanol–water partition coefficient (Wildman–Crippen LogP) is -1.25. The molecule has 0 amide bonds. The minimum absolute atomic E-state index is 0.112. The van der Waals surface area contributed by atoms with Crippen LogP contribution in [0.3, 0.4) is 0 Å². The van der Waals surface area contributed by atoms with Crippen LogP contribution in [0, 0.1) is 0 Å².